The fraction of sp³-hybridized carbons (Fsp3) is 0.812. The topological polar surface area (TPSA) is 50.8 Å². The zero-order valence-electron chi connectivity index (χ0n) is 12.6. The number of likely N-dealkylation sites (tertiary alicyclic amines) is 1. The molecule has 3 rings (SSSR count). The van der Waals surface area contributed by atoms with Crippen LogP contribution in [-0.4, -0.2) is 56.5 Å². The highest BCUT2D eigenvalue weighted by atomic mass is 16.5. The van der Waals surface area contributed by atoms with Gasteiger partial charge in [-0.05, 0) is 37.5 Å². The molecule has 2 heterocycles. The molecule has 2 amide bonds. The Bertz CT molecular complexity index is 364. The average Bonchev–Trinajstić information content (AvgIpc) is 3.15. The number of hydrogen-bond donors (Lipinski definition) is 1. The number of rotatable bonds is 5. The number of hydrogen-bond acceptors (Lipinski definition) is 3. The van der Waals surface area contributed by atoms with Crippen LogP contribution < -0.4 is 5.32 Å². The fourth-order valence-electron chi connectivity index (χ4n) is 3.51. The molecular weight excluding hydrogens is 268 g/mol. The minimum absolute atomic E-state index is 0.0603. The van der Waals surface area contributed by atoms with E-state index < -0.39 is 0 Å². The predicted octanol–water partition coefficient (Wildman–Crippen LogP) is 1.79. The lowest BCUT2D eigenvalue weighted by Crippen LogP contribution is -2.40. The van der Waals surface area contributed by atoms with Crippen LogP contribution in [0.1, 0.15) is 25.7 Å². The van der Waals surface area contributed by atoms with Crippen LogP contribution >= 0.6 is 0 Å². The number of nitrogens with one attached hydrogen (secondary N) is 1. The first-order valence-electron chi connectivity index (χ1n) is 8.20. The van der Waals surface area contributed by atoms with Crippen LogP contribution in [0.2, 0.25) is 0 Å². The molecule has 5 heteroatoms. The van der Waals surface area contributed by atoms with Crippen molar-refractivity contribution in [3.8, 4) is 0 Å². The number of fused-ring (bicyclic) bond motifs is 1. The molecule has 2 saturated heterocycles. The highest BCUT2D eigenvalue weighted by Gasteiger charge is 2.34. The van der Waals surface area contributed by atoms with E-state index in [4.69, 9.17) is 9.47 Å². The number of ether oxygens (including phenoxy) is 2. The van der Waals surface area contributed by atoms with Gasteiger partial charge in [-0.1, -0.05) is 12.2 Å². The Labute approximate surface area is 126 Å². The molecule has 2 aliphatic heterocycles. The van der Waals surface area contributed by atoms with E-state index in [9.17, 15) is 4.79 Å². The molecule has 0 aromatic carbocycles. The first kappa shape index (κ1) is 14.9. The summed E-state index contributed by atoms with van der Waals surface area (Å²) < 4.78 is 11.0. The third-order valence-corrected chi connectivity index (χ3v) is 4.76. The molecule has 3 atom stereocenters. The summed E-state index contributed by atoms with van der Waals surface area (Å²) >= 11 is 0. The van der Waals surface area contributed by atoms with Crippen molar-refractivity contribution in [3.63, 3.8) is 0 Å². The molecule has 0 saturated carbocycles. The van der Waals surface area contributed by atoms with Gasteiger partial charge >= 0.3 is 6.03 Å². The Morgan fingerprint density at radius 3 is 2.71 bits per heavy atom. The van der Waals surface area contributed by atoms with Crippen LogP contribution in [0.5, 0.6) is 0 Å². The fourth-order valence-corrected chi connectivity index (χ4v) is 3.51. The second-order valence-electron chi connectivity index (χ2n) is 6.31. The largest absolute Gasteiger partial charge is 0.377 e. The van der Waals surface area contributed by atoms with Gasteiger partial charge in [0.2, 0.25) is 0 Å². The lowest BCUT2D eigenvalue weighted by Gasteiger charge is -2.17. The normalized spacial score (nSPS) is 31.4. The minimum atomic E-state index is 0.0603. The van der Waals surface area contributed by atoms with Gasteiger partial charge in [0, 0.05) is 26.2 Å². The van der Waals surface area contributed by atoms with E-state index in [-0.39, 0.29) is 12.1 Å². The molecule has 5 nitrogen and oxygen atoms in total. The maximum absolute atomic E-state index is 12.1. The van der Waals surface area contributed by atoms with E-state index in [2.05, 4.69) is 17.5 Å². The van der Waals surface area contributed by atoms with Crippen LogP contribution in [0.25, 0.3) is 0 Å². The van der Waals surface area contributed by atoms with Gasteiger partial charge in [-0.25, -0.2) is 4.79 Å². The molecule has 0 aromatic heterocycles. The zero-order chi connectivity index (χ0) is 14.5. The van der Waals surface area contributed by atoms with Gasteiger partial charge in [0.25, 0.3) is 0 Å². The lowest BCUT2D eigenvalue weighted by molar-refractivity contribution is 0.0186. The standard InChI is InChI=1S/C16H26N2O3/c19-16(17-7-9-20-12-15-6-3-8-21-15)18-10-13-4-1-2-5-14(13)11-18/h1-2,13-15H,3-12H2,(H,17,19)/t13-,14+,15-/m0/s1. The van der Waals surface area contributed by atoms with Gasteiger partial charge in [-0.15, -0.1) is 0 Å². The van der Waals surface area contributed by atoms with Crippen molar-refractivity contribution >= 4 is 6.03 Å². The predicted molar refractivity (Wildman–Crippen MR) is 80.1 cm³/mol. The van der Waals surface area contributed by atoms with Gasteiger partial charge in [-0.3, -0.25) is 0 Å². The summed E-state index contributed by atoms with van der Waals surface area (Å²) in [5.74, 6) is 1.33. The van der Waals surface area contributed by atoms with Crippen molar-refractivity contribution in [2.24, 2.45) is 11.8 Å². The van der Waals surface area contributed by atoms with E-state index in [1.165, 1.54) is 0 Å². The van der Waals surface area contributed by atoms with E-state index >= 15 is 0 Å². The van der Waals surface area contributed by atoms with Crippen molar-refractivity contribution < 1.29 is 14.3 Å². The Morgan fingerprint density at radius 2 is 2.05 bits per heavy atom. The summed E-state index contributed by atoms with van der Waals surface area (Å²) in [4.78, 5) is 14.1. The van der Waals surface area contributed by atoms with Crippen LogP contribution in [0.3, 0.4) is 0 Å². The van der Waals surface area contributed by atoms with E-state index in [0.717, 1.165) is 45.4 Å². The number of nitrogens with zero attached hydrogens (tertiary/aromatic N) is 1. The molecule has 118 valence electrons. The maximum Gasteiger partial charge on any atom is 0.317 e. The van der Waals surface area contributed by atoms with Crippen LogP contribution in [0.15, 0.2) is 12.2 Å². The number of amides is 2. The van der Waals surface area contributed by atoms with Crippen LogP contribution in [0, 0.1) is 11.8 Å². The summed E-state index contributed by atoms with van der Waals surface area (Å²) in [6.45, 7) is 4.45. The molecule has 3 aliphatic rings. The van der Waals surface area contributed by atoms with Crippen molar-refractivity contribution in [1.82, 2.24) is 10.2 Å². The third kappa shape index (κ3) is 3.98. The summed E-state index contributed by atoms with van der Waals surface area (Å²) in [6, 6.07) is 0.0603. The molecule has 0 spiro atoms. The van der Waals surface area contributed by atoms with Gasteiger partial charge < -0.3 is 19.7 Å². The van der Waals surface area contributed by atoms with E-state index in [0.29, 0.717) is 31.6 Å². The summed E-state index contributed by atoms with van der Waals surface area (Å²) in [5, 5.41) is 2.96. The highest BCUT2D eigenvalue weighted by molar-refractivity contribution is 5.74. The molecule has 1 aliphatic carbocycles. The van der Waals surface area contributed by atoms with E-state index in [1.807, 2.05) is 4.90 Å². The first-order valence-corrected chi connectivity index (χ1v) is 8.20. The number of urea groups is 1. The summed E-state index contributed by atoms with van der Waals surface area (Å²) in [7, 11) is 0. The number of carbonyl (C=O) groups is 1. The van der Waals surface area contributed by atoms with Crippen LogP contribution in [0.4, 0.5) is 4.79 Å². The number of allylic oxidation sites excluding steroid dienone is 2. The Morgan fingerprint density at radius 1 is 1.29 bits per heavy atom. The third-order valence-electron chi connectivity index (χ3n) is 4.76. The Hall–Kier alpha value is -1.07. The van der Waals surface area contributed by atoms with Crippen LogP contribution in [-0.2, 0) is 9.47 Å². The first-order chi connectivity index (χ1) is 10.3. The van der Waals surface area contributed by atoms with Crippen molar-refractivity contribution in [1.29, 1.82) is 0 Å². The Kier molecular flexibility index (Phi) is 5.14. The highest BCUT2D eigenvalue weighted by Crippen LogP contribution is 2.32. The molecule has 21 heavy (non-hydrogen) atoms. The molecule has 0 bridgehead atoms. The summed E-state index contributed by atoms with van der Waals surface area (Å²) in [6.07, 6.45) is 9.24. The lowest BCUT2D eigenvalue weighted by atomic mass is 9.86. The van der Waals surface area contributed by atoms with Gasteiger partial charge in [0.1, 0.15) is 0 Å². The van der Waals surface area contributed by atoms with Crippen molar-refractivity contribution in [3.05, 3.63) is 12.2 Å². The molecule has 2 fully saturated rings. The minimum Gasteiger partial charge on any atom is -0.377 e. The number of carbonyl (C=O) groups excluding carboxylic acids is 1. The maximum atomic E-state index is 12.1. The average molecular weight is 294 g/mol. The Balaban J connectivity index is 1.28. The molecule has 1 N–H and O–H groups in total. The van der Waals surface area contributed by atoms with Gasteiger partial charge in [0.05, 0.1) is 19.3 Å². The molecule has 0 unspecified atom stereocenters. The molecule has 0 radical (unpaired) electrons. The van der Waals surface area contributed by atoms with Gasteiger partial charge in [0.15, 0.2) is 0 Å². The van der Waals surface area contributed by atoms with Crippen molar-refractivity contribution in [2.45, 2.75) is 31.8 Å². The molecule has 0 aromatic rings. The quantitative estimate of drug-likeness (QED) is 0.621. The monoisotopic (exact) mass is 294 g/mol. The zero-order valence-corrected chi connectivity index (χ0v) is 12.6. The van der Waals surface area contributed by atoms with Crippen molar-refractivity contribution in [2.75, 3.05) is 39.5 Å². The SMILES string of the molecule is O=C(NCCOC[C@@H]1CCCO1)N1C[C@H]2CC=CC[C@H]2C1. The van der Waals surface area contributed by atoms with E-state index in [1.54, 1.807) is 0 Å². The second kappa shape index (κ2) is 7.27. The van der Waals surface area contributed by atoms with Gasteiger partial charge in [-0.2, -0.15) is 0 Å². The summed E-state index contributed by atoms with van der Waals surface area (Å²) in [5.41, 5.74) is 0. The second-order valence-corrected chi connectivity index (χ2v) is 6.31. The molecular formula is C16H26N2O3. The smallest absolute Gasteiger partial charge is 0.317 e.